The van der Waals surface area contributed by atoms with Crippen molar-refractivity contribution in [1.29, 1.82) is 0 Å². The number of likely N-dealkylation sites (N-methyl/N-ethyl adjacent to an activating group) is 1. The smallest absolute Gasteiger partial charge is 0.395 e. The Hall–Kier alpha value is -3.62. The molecule has 4 heterocycles. The quantitative estimate of drug-likeness (QED) is 0.303. The lowest BCUT2D eigenvalue weighted by Crippen LogP contribution is -2.53. The fraction of sp³-hybridized carbons (Fsp3) is 0.576. The number of hydrogen-bond acceptors (Lipinski definition) is 8. The molecule has 14 heteroatoms. The van der Waals surface area contributed by atoms with Crippen molar-refractivity contribution in [2.75, 3.05) is 50.1 Å². The summed E-state index contributed by atoms with van der Waals surface area (Å²) in [6.07, 6.45) is -2.98. The SMILES string of the molecule is CC(C)C1CN(C)CCN1Cc1cc2c(c(C(F)(F)F)c1)CN(c1cc(C3([C@@H](F)c4nncn4C)CCC3)cc(NCCO)n1)C2=O. The largest absolute Gasteiger partial charge is 0.416 e. The standard InChI is InChI=1S/C33H42F4N8O2/c1-20(2)26-18-42(3)9-10-44(26)16-21-12-23-24(25(13-21)33(35,36)37)17-45(31(23)47)28-15-22(14-27(40-28)38-8-11-46)32(6-5-7-32)29(34)30-41-39-19-43(30)4/h12-15,19-20,26,29,46H,5-11,16-18H2,1-4H3,(H,38,40)/t26?,29-/m0/s1. The van der Waals surface area contributed by atoms with Gasteiger partial charge in [0.05, 0.1) is 18.7 Å². The van der Waals surface area contributed by atoms with E-state index in [9.17, 15) is 23.1 Å². The van der Waals surface area contributed by atoms with Gasteiger partial charge in [-0.1, -0.05) is 20.3 Å². The van der Waals surface area contributed by atoms with Crippen LogP contribution in [0.3, 0.4) is 0 Å². The molecule has 1 aliphatic carbocycles. The number of piperazine rings is 1. The summed E-state index contributed by atoms with van der Waals surface area (Å²) in [4.78, 5) is 24.3. The highest BCUT2D eigenvalue weighted by molar-refractivity contribution is 6.10. The minimum absolute atomic E-state index is 0.00271. The van der Waals surface area contributed by atoms with Crippen molar-refractivity contribution in [3.63, 3.8) is 0 Å². The number of aliphatic hydroxyl groups is 1. The highest BCUT2D eigenvalue weighted by atomic mass is 19.4. The number of benzene rings is 1. The maximum absolute atomic E-state index is 16.3. The van der Waals surface area contributed by atoms with Crippen molar-refractivity contribution < 1.29 is 27.5 Å². The molecule has 0 bridgehead atoms. The lowest BCUT2D eigenvalue weighted by atomic mass is 9.61. The number of aryl methyl sites for hydroxylation is 1. The van der Waals surface area contributed by atoms with Crippen LogP contribution < -0.4 is 10.2 Å². The normalized spacial score (nSPS) is 20.9. The van der Waals surface area contributed by atoms with Crippen LogP contribution in [0.25, 0.3) is 0 Å². The van der Waals surface area contributed by atoms with Gasteiger partial charge in [-0.2, -0.15) is 13.2 Å². The van der Waals surface area contributed by atoms with Crippen molar-refractivity contribution in [1.82, 2.24) is 29.5 Å². The Morgan fingerprint density at radius 1 is 1.13 bits per heavy atom. The van der Waals surface area contributed by atoms with Crippen LogP contribution in [0.1, 0.15) is 77.7 Å². The van der Waals surface area contributed by atoms with Gasteiger partial charge in [0, 0.05) is 56.8 Å². The summed E-state index contributed by atoms with van der Waals surface area (Å²) >= 11 is 0. The number of nitrogens with one attached hydrogen (secondary N) is 1. The van der Waals surface area contributed by atoms with E-state index in [1.807, 2.05) is 7.05 Å². The average molecular weight is 659 g/mol. The van der Waals surface area contributed by atoms with E-state index < -0.39 is 29.2 Å². The van der Waals surface area contributed by atoms with Crippen molar-refractivity contribution in [3.05, 3.63) is 64.2 Å². The second-order valence-corrected chi connectivity index (χ2v) is 13.5. The molecule has 1 amide bonds. The highest BCUT2D eigenvalue weighted by Gasteiger charge is 2.50. The van der Waals surface area contributed by atoms with Crippen LogP contribution in [-0.2, 0) is 31.7 Å². The van der Waals surface area contributed by atoms with Crippen LogP contribution >= 0.6 is 0 Å². The van der Waals surface area contributed by atoms with Gasteiger partial charge in [-0.25, -0.2) is 9.37 Å². The van der Waals surface area contributed by atoms with E-state index >= 15 is 4.39 Å². The first-order valence-corrected chi connectivity index (χ1v) is 16.1. The summed E-state index contributed by atoms with van der Waals surface area (Å²) in [5.74, 6) is 0.291. The molecule has 6 rings (SSSR count). The molecule has 254 valence electrons. The number of carbonyl (C=O) groups is 1. The number of rotatable bonds is 10. The minimum Gasteiger partial charge on any atom is -0.395 e. The third-order valence-corrected chi connectivity index (χ3v) is 10.1. The Bertz CT molecular complexity index is 1620. The van der Waals surface area contributed by atoms with Crippen molar-refractivity contribution in [3.8, 4) is 0 Å². The number of aromatic nitrogens is 4. The van der Waals surface area contributed by atoms with E-state index in [1.165, 1.54) is 21.9 Å². The van der Waals surface area contributed by atoms with Gasteiger partial charge in [-0.3, -0.25) is 14.6 Å². The second kappa shape index (κ2) is 12.8. The minimum atomic E-state index is -4.67. The molecule has 2 aromatic heterocycles. The lowest BCUT2D eigenvalue weighted by Gasteiger charge is -2.44. The molecule has 47 heavy (non-hydrogen) atoms. The number of aliphatic hydroxyl groups excluding tert-OH is 1. The zero-order valence-electron chi connectivity index (χ0n) is 27.2. The predicted octanol–water partition coefficient (Wildman–Crippen LogP) is 4.70. The molecule has 1 saturated heterocycles. The summed E-state index contributed by atoms with van der Waals surface area (Å²) in [5.41, 5.74) is -0.909. The van der Waals surface area contributed by atoms with Gasteiger partial charge in [0.25, 0.3) is 5.91 Å². The molecule has 10 nitrogen and oxygen atoms in total. The van der Waals surface area contributed by atoms with Crippen LogP contribution in [0.15, 0.2) is 30.6 Å². The van der Waals surface area contributed by atoms with Crippen molar-refractivity contribution >= 4 is 17.5 Å². The first-order chi connectivity index (χ1) is 22.3. The van der Waals surface area contributed by atoms with E-state index in [2.05, 4.69) is 44.1 Å². The summed E-state index contributed by atoms with van der Waals surface area (Å²) < 4.78 is 61.6. The molecular formula is C33H42F4N8O2. The van der Waals surface area contributed by atoms with Gasteiger partial charge in [0.1, 0.15) is 18.0 Å². The molecule has 1 saturated carbocycles. The number of hydrogen-bond donors (Lipinski definition) is 2. The summed E-state index contributed by atoms with van der Waals surface area (Å²) in [6.45, 7) is 6.47. The third-order valence-electron chi connectivity index (χ3n) is 10.1. The molecular weight excluding hydrogens is 616 g/mol. The molecule has 2 N–H and O–H groups in total. The monoisotopic (exact) mass is 658 g/mol. The van der Waals surface area contributed by atoms with Crippen molar-refractivity contribution in [2.24, 2.45) is 13.0 Å². The zero-order valence-corrected chi connectivity index (χ0v) is 27.2. The highest BCUT2D eigenvalue weighted by Crippen LogP contribution is 2.54. The number of anilines is 2. The third kappa shape index (κ3) is 6.22. The first kappa shape index (κ1) is 33.3. The Balaban J connectivity index is 1.38. The van der Waals surface area contributed by atoms with E-state index in [4.69, 9.17) is 0 Å². The molecule has 1 aromatic carbocycles. The lowest BCUT2D eigenvalue weighted by molar-refractivity contribution is -0.138. The fourth-order valence-electron chi connectivity index (χ4n) is 7.28. The molecule has 0 spiro atoms. The van der Waals surface area contributed by atoms with Crippen LogP contribution in [0.5, 0.6) is 0 Å². The topological polar surface area (TPSA) is 103 Å². The van der Waals surface area contributed by atoms with Gasteiger partial charge in [-0.15, -0.1) is 10.2 Å². The Morgan fingerprint density at radius 2 is 1.89 bits per heavy atom. The van der Waals surface area contributed by atoms with Crippen LogP contribution in [0, 0.1) is 5.92 Å². The first-order valence-electron chi connectivity index (χ1n) is 16.1. The van der Waals surface area contributed by atoms with E-state index in [0.29, 0.717) is 48.8 Å². The Kier molecular flexibility index (Phi) is 9.05. The van der Waals surface area contributed by atoms with E-state index in [1.54, 1.807) is 25.2 Å². The van der Waals surface area contributed by atoms with Crippen molar-refractivity contribution in [2.45, 2.75) is 70.0 Å². The van der Waals surface area contributed by atoms with E-state index in [-0.39, 0.29) is 48.5 Å². The molecule has 2 fully saturated rings. The maximum atomic E-state index is 16.3. The fourth-order valence-corrected chi connectivity index (χ4v) is 7.28. The Morgan fingerprint density at radius 3 is 2.51 bits per heavy atom. The number of fused-ring (bicyclic) bond motifs is 1. The number of carbonyl (C=O) groups excluding carboxylic acids is 1. The predicted molar refractivity (Wildman–Crippen MR) is 169 cm³/mol. The maximum Gasteiger partial charge on any atom is 0.416 e. The van der Waals surface area contributed by atoms with Crippen LogP contribution in [-0.4, -0.2) is 86.4 Å². The van der Waals surface area contributed by atoms with Gasteiger partial charge in [0.15, 0.2) is 12.0 Å². The van der Waals surface area contributed by atoms with Crippen LogP contribution in [0.4, 0.5) is 29.2 Å². The molecule has 1 unspecified atom stereocenters. The number of halogens is 4. The number of amides is 1. The number of pyridine rings is 1. The number of alkyl halides is 4. The molecule has 3 aromatic rings. The molecule has 0 radical (unpaired) electrons. The van der Waals surface area contributed by atoms with E-state index in [0.717, 1.165) is 19.5 Å². The average Bonchev–Trinajstić information content (AvgIpc) is 3.58. The molecule has 2 atom stereocenters. The van der Waals surface area contributed by atoms with Gasteiger partial charge in [0.2, 0.25) is 0 Å². The number of nitrogens with zero attached hydrogens (tertiary/aromatic N) is 7. The van der Waals surface area contributed by atoms with Gasteiger partial charge in [-0.05, 0) is 66.8 Å². The van der Waals surface area contributed by atoms with Gasteiger partial charge < -0.3 is 19.9 Å². The molecule has 2 aliphatic heterocycles. The Labute approximate surface area is 271 Å². The van der Waals surface area contributed by atoms with Crippen LogP contribution in [0.2, 0.25) is 0 Å². The molecule has 3 aliphatic rings. The summed E-state index contributed by atoms with van der Waals surface area (Å²) in [7, 11) is 3.71. The summed E-state index contributed by atoms with van der Waals surface area (Å²) in [6, 6.07) is 6.24. The zero-order chi connectivity index (χ0) is 33.7. The second-order valence-electron chi connectivity index (χ2n) is 13.5. The summed E-state index contributed by atoms with van der Waals surface area (Å²) in [5, 5.41) is 20.3. The van der Waals surface area contributed by atoms with Gasteiger partial charge >= 0.3 is 6.18 Å².